The van der Waals surface area contributed by atoms with Crippen LogP contribution in [0, 0.1) is 0 Å². The molecule has 7 heteroatoms. The molecule has 0 aromatic carbocycles. The summed E-state index contributed by atoms with van der Waals surface area (Å²) in [4.78, 5) is 23.5. The molecule has 1 aromatic heterocycles. The van der Waals surface area contributed by atoms with Crippen LogP contribution in [0.4, 0.5) is 5.13 Å². The average Bonchev–Trinajstić information content (AvgIpc) is 3.09. The molecule has 2 saturated heterocycles. The fraction of sp³-hybridized carbons (Fsp3) is 0.714. The predicted octanol–water partition coefficient (Wildman–Crippen LogP) is 0.0854. The van der Waals surface area contributed by atoms with E-state index in [-0.39, 0.29) is 11.9 Å². The smallest absolute Gasteiger partial charge is 0.239 e. The van der Waals surface area contributed by atoms with Crippen LogP contribution < -0.4 is 10.2 Å². The summed E-state index contributed by atoms with van der Waals surface area (Å²) in [6.07, 6.45) is 1.84. The number of hydrogen-bond donors (Lipinski definition) is 1. The lowest BCUT2D eigenvalue weighted by molar-refractivity contribution is -0.137. The van der Waals surface area contributed by atoms with Crippen LogP contribution in [0.1, 0.15) is 6.92 Å². The Morgan fingerprint density at radius 2 is 1.95 bits per heavy atom. The molecule has 2 aliphatic heterocycles. The van der Waals surface area contributed by atoms with Crippen LogP contribution in [0.3, 0.4) is 0 Å². The number of anilines is 1. The first-order valence-corrected chi connectivity index (χ1v) is 8.51. The number of amides is 1. The highest BCUT2D eigenvalue weighted by molar-refractivity contribution is 7.13. The summed E-state index contributed by atoms with van der Waals surface area (Å²) in [7, 11) is 0. The molecule has 2 aliphatic rings. The first-order chi connectivity index (χ1) is 10.3. The largest absolute Gasteiger partial charge is 0.345 e. The lowest BCUT2D eigenvalue weighted by Crippen LogP contribution is -2.57. The maximum absolute atomic E-state index is 12.6. The zero-order valence-electron chi connectivity index (χ0n) is 12.5. The second-order valence-electron chi connectivity index (χ2n) is 5.59. The summed E-state index contributed by atoms with van der Waals surface area (Å²) in [6.45, 7) is 9.30. The van der Waals surface area contributed by atoms with Gasteiger partial charge in [0, 0.05) is 63.9 Å². The van der Waals surface area contributed by atoms with Crippen LogP contribution in [0.15, 0.2) is 11.6 Å². The van der Waals surface area contributed by atoms with Gasteiger partial charge in [0.2, 0.25) is 5.91 Å². The van der Waals surface area contributed by atoms with Gasteiger partial charge in [-0.25, -0.2) is 4.98 Å². The number of thiazole rings is 1. The summed E-state index contributed by atoms with van der Waals surface area (Å²) in [5.41, 5.74) is 0. The van der Waals surface area contributed by atoms with E-state index in [1.807, 2.05) is 23.4 Å². The summed E-state index contributed by atoms with van der Waals surface area (Å²) in [5.74, 6) is 0.274. The van der Waals surface area contributed by atoms with E-state index in [9.17, 15) is 4.79 Å². The van der Waals surface area contributed by atoms with E-state index in [1.165, 1.54) is 0 Å². The topological polar surface area (TPSA) is 51.7 Å². The summed E-state index contributed by atoms with van der Waals surface area (Å²) < 4.78 is 0. The number of carbonyl (C=O) groups is 1. The minimum absolute atomic E-state index is 0.00138. The molecule has 0 radical (unpaired) electrons. The van der Waals surface area contributed by atoms with E-state index in [0.717, 1.165) is 57.5 Å². The lowest BCUT2D eigenvalue weighted by Gasteiger charge is -2.39. The Balaban J connectivity index is 1.52. The van der Waals surface area contributed by atoms with Crippen molar-refractivity contribution in [3.05, 3.63) is 11.6 Å². The summed E-state index contributed by atoms with van der Waals surface area (Å²) in [5, 5.41) is 6.40. The molecular formula is C14H23N5OS. The van der Waals surface area contributed by atoms with Crippen molar-refractivity contribution in [1.29, 1.82) is 0 Å². The Hall–Kier alpha value is -1.18. The fourth-order valence-corrected chi connectivity index (χ4v) is 3.68. The van der Waals surface area contributed by atoms with Gasteiger partial charge in [0.25, 0.3) is 0 Å². The minimum Gasteiger partial charge on any atom is -0.345 e. The molecule has 6 nitrogen and oxygen atoms in total. The van der Waals surface area contributed by atoms with Gasteiger partial charge in [0.05, 0.1) is 6.04 Å². The average molecular weight is 309 g/mol. The molecule has 21 heavy (non-hydrogen) atoms. The third kappa shape index (κ3) is 3.36. The zero-order chi connectivity index (χ0) is 14.7. The molecular weight excluding hydrogens is 286 g/mol. The number of hydrogen-bond acceptors (Lipinski definition) is 6. The second kappa shape index (κ2) is 6.72. The molecule has 0 bridgehead atoms. The van der Waals surface area contributed by atoms with Crippen molar-refractivity contribution in [2.24, 2.45) is 0 Å². The number of aromatic nitrogens is 1. The molecule has 1 aromatic rings. The van der Waals surface area contributed by atoms with Gasteiger partial charge in [0.1, 0.15) is 0 Å². The molecule has 2 fully saturated rings. The van der Waals surface area contributed by atoms with Crippen molar-refractivity contribution in [1.82, 2.24) is 20.1 Å². The van der Waals surface area contributed by atoms with Crippen molar-refractivity contribution >= 4 is 22.4 Å². The third-order valence-corrected chi connectivity index (χ3v) is 5.17. The molecule has 0 aliphatic carbocycles. The van der Waals surface area contributed by atoms with E-state index < -0.39 is 0 Å². The normalized spacial score (nSPS) is 22.3. The highest BCUT2D eigenvalue weighted by Crippen LogP contribution is 2.19. The molecule has 0 spiro atoms. The number of nitrogens with one attached hydrogen (secondary N) is 1. The molecule has 0 saturated carbocycles. The van der Waals surface area contributed by atoms with Crippen molar-refractivity contribution in [2.45, 2.75) is 13.0 Å². The molecule has 1 atom stereocenters. The van der Waals surface area contributed by atoms with Crippen LogP contribution in [0.2, 0.25) is 0 Å². The van der Waals surface area contributed by atoms with Crippen LogP contribution >= 0.6 is 11.3 Å². The monoisotopic (exact) mass is 309 g/mol. The van der Waals surface area contributed by atoms with E-state index in [0.29, 0.717) is 0 Å². The van der Waals surface area contributed by atoms with E-state index in [2.05, 4.69) is 20.1 Å². The van der Waals surface area contributed by atoms with Gasteiger partial charge in [-0.3, -0.25) is 9.69 Å². The molecule has 1 amide bonds. The van der Waals surface area contributed by atoms with Crippen LogP contribution in [0.5, 0.6) is 0 Å². The number of rotatable bonds is 3. The van der Waals surface area contributed by atoms with Gasteiger partial charge >= 0.3 is 0 Å². The molecule has 3 heterocycles. The number of piperazine rings is 2. The third-order valence-electron chi connectivity index (χ3n) is 4.34. The first kappa shape index (κ1) is 14.7. The predicted molar refractivity (Wildman–Crippen MR) is 84.8 cm³/mol. The van der Waals surface area contributed by atoms with Crippen molar-refractivity contribution < 1.29 is 4.79 Å². The van der Waals surface area contributed by atoms with Gasteiger partial charge in [-0.2, -0.15) is 0 Å². The number of carbonyl (C=O) groups excluding carboxylic acids is 1. The maximum Gasteiger partial charge on any atom is 0.239 e. The lowest BCUT2D eigenvalue weighted by atomic mass is 10.2. The second-order valence-corrected chi connectivity index (χ2v) is 6.46. The number of nitrogens with zero attached hydrogens (tertiary/aromatic N) is 4. The van der Waals surface area contributed by atoms with Crippen molar-refractivity contribution in [3.8, 4) is 0 Å². The van der Waals surface area contributed by atoms with Gasteiger partial charge in [-0.05, 0) is 6.92 Å². The molecule has 1 unspecified atom stereocenters. The van der Waals surface area contributed by atoms with Crippen LogP contribution in [-0.2, 0) is 4.79 Å². The van der Waals surface area contributed by atoms with E-state index >= 15 is 0 Å². The van der Waals surface area contributed by atoms with Crippen LogP contribution in [0.25, 0.3) is 0 Å². The van der Waals surface area contributed by atoms with Gasteiger partial charge in [-0.1, -0.05) is 0 Å². The highest BCUT2D eigenvalue weighted by atomic mass is 32.1. The quantitative estimate of drug-likeness (QED) is 0.857. The maximum atomic E-state index is 12.6. The van der Waals surface area contributed by atoms with Crippen LogP contribution in [-0.4, -0.2) is 79.1 Å². The Labute approximate surface area is 129 Å². The highest BCUT2D eigenvalue weighted by Gasteiger charge is 2.29. The zero-order valence-corrected chi connectivity index (χ0v) is 13.3. The fourth-order valence-electron chi connectivity index (χ4n) is 2.98. The summed E-state index contributed by atoms with van der Waals surface area (Å²) >= 11 is 1.66. The van der Waals surface area contributed by atoms with Crippen molar-refractivity contribution in [3.63, 3.8) is 0 Å². The van der Waals surface area contributed by atoms with Gasteiger partial charge in [-0.15, -0.1) is 11.3 Å². The molecule has 3 rings (SSSR count). The standard InChI is InChI=1S/C14H23N5OS/c1-12(17-5-2-15-3-6-17)13(20)18-7-9-19(10-8-18)14-16-4-11-21-14/h4,11-12,15H,2-3,5-10H2,1H3. The first-order valence-electron chi connectivity index (χ1n) is 7.64. The van der Waals surface area contributed by atoms with Crippen molar-refractivity contribution in [2.75, 3.05) is 57.3 Å². The summed E-state index contributed by atoms with van der Waals surface area (Å²) in [6, 6.07) is -0.00138. The van der Waals surface area contributed by atoms with Gasteiger partial charge in [0.15, 0.2) is 5.13 Å². The Morgan fingerprint density at radius 3 is 2.57 bits per heavy atom. The minimum atomic E-state index is -0.00138. The SMILES string of the molecule is CC(C(=O)N1CCN(c2nccs2)CC1)N1CCNCC1. The van der Waals surface area contributed by atoms with Gasteiger partial charge < -0.3 is 15.1 Å². The Bertz CT molecular complexity index is 452. The Kier molecular flexibility index (Phi) is 4.72. The van der Waals surface area contributed by atoms with E-state index in [4.69, 9.17) is 0 Å². The van der Waals surface area contributed by atoms with E-state index in [1.54, 1.807) is 11.3 Å². The molecule has 116 valence electrons. The molecule has 1 N–H and O–H groups in total. The Morgan fingerprint density at radius 1 is 1.24 bits per heavy atom.